The number of nitrogens with one attached hydrogen (secondary N) is 1. The molecule has 0 aliphatic carbocycles. The molecule has 1 aromatic carbocycles. The Balaban J connectivity index is 1.99. The molecule has 1 fully saturated rings. The summed E-state index contributed by atoms with van der Waals surface area (Å²) >= 11 is 0. The van der Waals surface area contributed by atoms with Crippen molar-refractivity contribution in [3.63, 3.8) is 0 Å². The molecule has 0 saturated carbocycles. The van der Waals surface area contributed by atoms with Crippen molar-refractivity contribution in [3.05, 3.63) is 23.8 Å². The fourth-order valence-electron chi connectivity index (χ4n) is 2.39. The number of benzene rings is 1. The Morgan fingerprint density at radius 3 is 3.33 bits per heavy atom. The van der Waals surface area contributed by atoms with Crippen LogP contribution in [-0.4, -0.2) is 32.3 Å². The number of aryl methyl sites for hydroxylation is 1. The second-order valence-corrected chi connectivity index (χ2v) is 4.33. The maximum Gasteiger partial charge on any atom is 0.142 e. The number of nitrogens with zero attached hydrogens (tertiary/aromatic N) is 1. The van der Waals surface area contributed by atoms with Gasteiger partial charge in [-0.3, -0.25) is 0 Å². The average molecular weight is 204 g/mol. The monoisotopic (exact) mass is 204 g/mol. The van der Waals surface area contributed by atoms with Gasteiger partial charge >= 0.3 is 0 Å². The average Bonchev–Trinajstić information content (AvgIpc) is 2.28. The van der Waals surface area contributed by atoms with Gasteiger partial charge in [-0.05, 0) is 24.6 Å². The van der Waals surface area contributed by atoms with E-state index in [9.17, 15) is 0 Å². The fraction of sp³-hybridized carbons (Fsp3) is 0.500. The van der Waals surface area contributed by atoms with E-state index < -0.39 is 0 Å². The molecule has 2 aliphatic heterocycles. The topological polar surface area (TPSA) is 24.5 Å². The number of hydrogen-bond acceptors (Lipinski definition) is 3. The van der Waals surface area contributed by atoms with Crippen LogP contribution in [0.2, 0.25) is 0 Å². The Labute approximate surface area is 90.0 Å². The molecule has 80 valence electrons. The second-order valence-electron chi connectivity index (χ2n) is 4.33. The summed E-state index contributed by atoms with van der Waals surface area (Å²) in [7, 11) is 0. The van der Waals surface area contributed by atoms with Gasteiger partial charge in [-0.25, -0.2) is 0 Å². The van der Waals surface area contributed by atoms with Crippen molar-refractivity contribution in [2.24, 2.45) is 0 Å². The lowest BCUT2D eigenvalue weighted by Crippen LogP contribution is -2.55. The molecule has 1 atom stereocenters. The predicted molar refractivity (Wildman–Crippen MR) is 60.7 cm³/mol. The third-order valence-corrected chi connectivity index (χ3v) is 3.21. The van der Waals surface area contributed by atoms with E-state index in [-0.39, 0.29) is 0 Å². The first-order valence-electron chi connectivity index (χ1n) is 5.55. The molecular formula is C12H16N2O. The maximum atomic E-state index is 5.79. The van der Waals surface area contributed by atoms with Crippen molar-refractivity contribution in [2.45, 2.75) is 13.0 Å². The minimum absolute atomic E-state index is 0.508. The quantitative estimate of drug-likeness (QED) is 0.686. The summed E-state index contributed by atoms with van der Waals surface area (Å²) in [5.41, 5.74) is 2.53. The standard InChI is InChI=1S/C12H16N2O/c1-9-2-3-11-12(6-9)15-8-10-7-13-4-5-14(10)11/h2-3,6,10,13H,4-5,7-8H2,1H3/t10-/m1/s1. The molecule has 15 heavy (non-hydrogen) atoms. The second kappa shape index (κ2) is 3.42. The number of anilines is 1. The highest BCUT2D eigenvalue weighted by Crippen LogP contribution is 2.34. The molecule has 0 spiro atoms. The van der Waals surface area contributed by atoms with E-state index in [1.54, 1.807) is 0 Å². The van der Waals surface area contributed by atoms with E-state index in [4.69, 9.17) is 4.74 Å². The zero-order chi connectivity index (χ0) is 10.3. The summed E-state index contributed by atoms with van der Waals surface area (Å²) in [6.45, 7) is 6.11. The summed E-state index contributed by atoms with van der Waals surface area (Å²) < 4.78 is 5.79. The van der Waals surface area contributed by atoms with E-state index in [0.29, 0.717) is 6.04 Å². The van der Waals surface area contributed by atoms with Crippen LogP contribution in [0.25, 0.3) is 0 Å². The van der Waals surface area contributed by atoms with Gasteiger partial charge in [0.05, 0.1) is 11.7 Å². The maximum absolute atomic E-state index is 5.79. The molecule has 0 bridgehead atoms. The Morgan fingerprint density at radius 2 is 2.40 bits per heavy atom. The highest BCUT2D eigenvalue weighted by molar-refractivity contribution is 5.62. The van der Waals surface area contributed by atoms with Crippen LogP contribution in [0.15, 0.2) is 18.2 Å². The van der Waals surface area contributed by atoms with Crippen molar-refractivity contribution in [1.29, 1.82) is 0 Å². The summed E-state index contributed by atoms with van der Waals surface area (Å²) in [6.07, 6.45) is 0. The smallest absolute Gasteiger partial charge is 0.142 e. The van der Waals surface area contributed by atoms with Gasteiger partial charge in [0.15, 0.2) is 0 Å². The van der Waals surface area contributed by atoms with Gasteiger partial charge in [0.1, 0.15) is 12.4 Å². The van der Waals surface area contributed by atoms with Crippen molar-refractivity contribution in [2.75, 3.05) is 31.1 Å². The first kappa shape index (κ1) is 9.04. The lowest BCUT2D eigenvalue weighted by atomic mass is 10.1. The molecule has 1 saturated heterocycles. The van der Waals surface area contributed by atoms with Crippen molar-refractivity contribution in [1.82, 2.24) is 5.32 Å². The highest BCUT2D eigenvalue weighted by Gasteiger charge is 2.29. The molecule has 0 amide bonds. The van der Waals surface area contributed by atoms with E-state index in [2.05, 4.69) is 35.3 Å². The van der Waals surface area contributed by atoms with E-state index in [0.717, 1.165) is 32.0 Å². The van der Waals surface area contributed by atoms with E-state index >= 15 is 0 Å². The van der Waals surface area contributed by atoms with Gasteiger partial charge in [0.25, 0.3) is 0 Å². The summed E-state index contributed by atoms with van der Waals surface area (Å²) in [5.74, 6) is 1.05. The number of fused-ring (bicyclic) bond motifs is 3. The van der Waals surface area contributed by atoms with Gasteiger partial charge < -0.3 is 15.0 Å². The Morgan fingerprint density at radius 1 is 1.47 bits per heavy atom. The molecular weight excluding hydrogens is 188 g/mol. The number of ether oxygens (including phenoxy) is 1. The largest absolute Gasteiger partial charge is 0.489 e. The zero-order valence-corrected chi connectivity index (χ0v) is 8.99. The van der Waals surface area contributed by atoms with Gasteiger partial charge in [-0.1, -0.05) is 6.07 Å². The van der Waals surface area contributed by atoms with Gasteiger partial charge in [-0.2, -0.15) is 0 Å². The van der Waals surface area contributed by atoms with Crippen LogP contribution in [-0.2, 0) is 0 Å². The molecule has 2 heterocycles. The van der Waals surface area contributed by atoms with Crippen LogP contribution in [0.1, 0.15) is 5.56 Å². The normalized spacial score (nSPS) is 24.1. The van der Waals surface area contributed by atoms with Crippen LogP contribution < -0.4 is 15.0 Å². The van der Waals surface area contributed by atoms with Crippen molar-refractivity contribution in [3.8, 4) is 5.75 Å². The third kappa shape index (κ3) is 1.47. The molecule has 2 aliphatic rings. The summed E-state index contributed by atoms with van der Waals surface area (Å²) in [6, 6.07) is 6.98. The third-order valence-electron chi connectivity index (χ3n) is 3.21. The summed E-state index contributed by atoms with van der Waals surface area (Å²) in [4.78, 5) is 2.47. The zero-order valence-electron chi connectivity index (χ0n) is 8.99. The molecule has 0 unspecified atom stereocenters. The Kier molecular flexibility index (Phi) is 2.06. The summed E-state index contributed by atoms with van der Waals surface area (Å²) in [5, 5.41) is 3.40. The van der Waals surface area contributed by atoms with Gasteiger partial charge in [-0.15, -0.1) is 0 Å². The van der Waals surface area contributed by atoms with Crippen LogP contribution in [0.4, 0.5) is 5.69 Å². The van der Waals surface area contributed by atoms with Crippen molar-refractivity contribution >= 4 is 5.69 Å². The minimum Gasteiger partial charge on any atom is -0.489 e. The Hall–Kier alpha value is -1.22. The van der Waals surface area contributed by atoms with Crippen LogP contribution in [0.3, 0.4) is 0 Å². The van der Waals surface area contributed by atoms with Crippen LogP contribution in [0, 0.1) is 6.92 Å². The lowest BCUT2D eigenvalue weighted by Gasteiger charge is -2.42. The number of hydrogen-bond donors (Lipinski definition) is 1. The highest BCUT2D eigenvalue weighted by atomic mass is 16.5. The fourth-order valence-corrected chi connectivity index (χ4v) is 2.39. The van der Waals surface area contributed by atoms with E-state index in [1.807, 2.05) is 0 Å². The van der Waals surface area contributed by atoms with Crippen LogP contribution >= 0.6 is 0 Å². The number of piperazine rings is 1. The molecule has 0 aromatic heterocycles. The minimum atomic E-state index is 0.508. The number of rotatable bonds is 0. The Bertz CT molecular complexity index is 378. The lowest BCUT2D eigenvalue weighted by molar-refractivity contribution is 0.247. The van der Waals surface area contributed by atoms with Gasteiger partial charge in [0, 0.05) is 19.6 Å². The molecule has 1 aromatic rings. The predicted octanol–water partition coefficient (Wildman–Crippen LogP) is 1.17. The molecule has 0 radical (unpaired) electrons. The first-order valence-corrected chi connectivity index (χ1v) is 5.55. The van der Waals surface area contributed by atoms with Gasteiger partial charge in [0.2, 0.25) is 0 Å². The van der Waals surface area contributed by atoms with Crippen molar-refractivity contribution < 1.29 is 4.74 Å². The van der Waals surface area contributed by atoms with Crippen LogP contribution in [0.5, 0.6) is 5.75 Å². The molecule has 3 nitrogen and oxygen atoms in total. The molecule has 1 N–H and O–H groups in total. The molecule has 3 heteroatoms. The SMILES string of the molecule is Cc1ccc2c(c1)OC[C@H]1CNCCN21. The molecule has 3 rings (SSSR count). The van der Waals surface area contributed by atoms with E-state index in [1.165, 1.54) is 11.3 Å². The first-order chi connectivity index (χ1) is 7.34.